The highest BCUT2D eigenvalue weighted by atomic mass is 16.1. The number of hydrogen-bond donors (Lipinski definition) is 1. The highest BCUT2D eigenvalue weighted by Gasteiger charge is 2.18. The molecule has 1 aromatic heterocycles. The summed E-state index contributed by atoms with van der Waals surface area (Å²) < 4.78 is 0. The third kappa shape index (κ3) is 4.70. The Morgan fingerprint density at radius 1 is 1.12 bits per heavy atom. The summed E-state index contributed by atoms with van der Waals surface area (Å²) in [5, 5.41) is 3.33. The van der Waals surface area contributed by atoms with Crippen molar-refractivity contribution >= 4 is 18.2 Å². The number of piperazine rings is 1. The zero-order valence-corrected chi connectivity index (χ0v) is 15.4. The van der Waals surface area contributed by atoms with E-state index in [1.807, 2.05) is 38.4 Å². The minimum absolute atomic E-state index is 0.640. The summed E-state index contributed by atoms with van der Waals surface area (Å²) in [7, 11) is 4.09. The number of aromatic nitrogens is 2. The fourth-order valence-electron chi connectivity index (χ4n) is 2.88. The Labute approximate surface area is 154 Å². The van der Waals surface area contributed by atoms with Crippen LogP contribution >= 0.6 is 0 Å². The molecule has 0 radical (unpaired) electrons. The highest BCUT2D eigenvalue weighted by Crippen LogP contribution is 2.24. The molecule has 1 aromatic carbocycles. The Balaban J connectivity index is 1.84. The lowest BCUT2D eigenvalue weighted by atomic mass is 10.1. The van der Waals surface area contributed by atoms with E-state index in [9.17, 15) is 4.79 Å². The molecule has 138 valence electrons. The Hall–Kier alpha value is -2.67. The van der Waals surface area contributed by atoms with Gasteiger partial charge in [-0.15, -0.1) is 0 Å². The molecule has 1 fully saturated rings. The Kier molecular flexibility index (Phi) is 6.01. The molecule has 0 unspecified atom stereocenters. The Morgan fingerprint density at radius 2 is 1.85 bits per heavy atom. The van der Waals surface area contributed by atoms with Crippen LogP contribution in [-0.4, -0.2) is 79.5 Å². The van der Waals surface area contributed by atoms with Crippen molar-refractivity contribution in [1.82, 2.24) is 19.8 Å². The summed E-state index contributed by atoms with van der Waals surface area (Å²) in [5.74, 6) is 1.54. The van der Waals surface area contributed by atoms with Gasteiger partial charge < -0.3 is 20.0 Å². The summed E-state index contributed by atoms with van der Waals surface area (Å²) in [5.41, 5.74) is 1.97. The van der Waals surface area contributed by atoms with Crippen molar-refractivity contribution < 1.29 is 4.79 Å². The smallest absolute Gasteiger partial charge is 0.225 e. The van der Waals surface area contributed by atoms with E-state index in [2.05, 4.69) is 27.2 Å². The molecule has 26 heavy (non-hydrogen) atoms. The topological polar surface area (TPSA) is 64.6 Å². The first kappa shape index (κ1) is 18.1. The molecule has 1 saturated heterocycles. The summed E-state index contributed by atoms with van der Waals surface area (Å²) in [6, 6.07) is 12.2. The standard InChI is InChI=1S/C19H26N6O/c1-23(2)9-8-20-19-21-17(16-6-4-3-5-7-16)14-18(22-19)25-12-10-24(15-26)11-13-25/h3-7,14-15H,8-13H2,1-2H3,(H,20,21,22). The molecule has 3 rings (SSSR count). The van der Waals surface area contributed by atoms with Crippen LogP contribution in [0, 0.1) is 0 Å². The second-order valence-electron chi connectivity index (χ2n) is 6.66. The number of nitrogens with one attached hydrogen (secondary N) is 1. The van der Waals surface area contributed by atoms with Crippen LogP contribution in [0.1, 0.15) is 0 Å². The average molecular weight is 354 g/mol. The van der Waals surface area contributed by atoms with Crippen LogP contribution < -0.4 is 10.2 Å². The van der Waals surface area contributed by atoms with Gasteiger partial charge in [0.25, 0.3) is 0 Å². The second kappa shape index (κ2) is 8.62. The molecule has 2 aromatic rings. The average Bonchev–Trinajstić information content (AvgIpc) is 2.68. The van der Waals surface area contributed by atoms with Crippen molar-refractivity contribution in [3.63, 3.8) is 0 Å². The van der Waals surface area contributed by atoms with Crippen LogP contribution in [0.3, 0.4) is 0 Å². The van der Waals surface area contributed by atoms with Gasteiger partial charge in [-0.2, -0.15) is 4.98 Å². The minimum Gasteiger partial charge on any atom is -0.353 e. The molecule has 2 heterocycles. The number of carbonyl (C=O) groups is 1. The van der Waals surface area contributed by atoms with Crippen LogP contribution in [0.15, 0.2) is 36.4 Å². The maximum Gasteiger partial charge on any atom is 0.225 e. The molecule has 7 nitrogen and oxygen atoms in total. The zero-order valence-electron chi connectivity index (χ0n) is 15.4. The molecule has 0 saturated carbocycles. The van der Waals surface area contributed by atoms with Crippen molar-refractivity contribution in [3.05, 3.63) is 36.4 Å². The third-order valence-corrected chi connectivity index (χ3v) is 4.41. The first-order valence-electron chi connectivity index (χ1n) is 8.93. The molecule has 1 aliphatic heterocycles. The normalized spacial score (nSPS) is 14.6. The summed E-state index contributed by atoms with van der Waals surface area (Å²) in [4.78, 5) is 26.5. The van der Waals surface area contributed by atoms with Gasteiger partial charge in [-0.05, 0) is 14.1 Å². The minimum atomic E-state index is 0.640. The predicted octanol–water partition coefficient (Wildman–Crippen LogP) is 1.40. The van der Waals surface area contributed by atoms with E-state index in [0.717, 1.165) is 62.8 Å². The van der Waals surface area contributed by atoms with E-state index in [1.54, 1.807) is 4.90 Å². The molecular formula is C19H26N6O. The SMILES string of the molecule is CN(C)CCNc1nc(-c2ccccc2)cc(N2CCN(C=O)CC2)n1. The second-order valence-corrected chi connectivity index (χ2v) is 6.66. The van der Waals surface area contributed by atoms with Crippen molar-refractivity contribution in [1.29, 1.82) is 0 Å². The Morgan fingerprint density at radius 3 is 2.50 bits per heavy atom. The number of benzene rings is 1. The largest absolute Gasteiger partial charge is 0.353 e. The predicted molar refractivity (Wildman–Crippen MR) is 104 cm³/mol. The lowest BCUT2D eigenvalue weighted by Gasteiger charge is -2.33. The maximum atomic E-state index is 10.9. The number of rotatable bonds is 7. The summed E-state index contributed by atoms with van der Waals surface area (Å²) in [6.45, 7) is 4.69. The van der Waals surface area contributed by atoms with Gasteiger partial charge in [0.2, 0.25) is 12.4 Å². The quantitative estimate of drug-likeness (QED) is 0.758. The lowest BCUT2D eigenvalue weighted by Crippen LogP contribution is -2.46. The van der Waals surface area contributed by atoms with Crippen LogP contribution in [0.5, 0.6) is 0 Å². The number of anilines is 2. The summed E-state index contributed by atoms with van der Waals surface area (Å²) in [6.07, 6.45) is 0.918. The van der Waals surface area contributed by atoms with E-state index in [0.29, 0.717) is 5.95 Å². The molecule has 0 spiro atoms. The van der Waals surface area contributed by atoms with Gasteiger partial charge in [-0.25, -0.2) is 4.98 Å². The molecule has 1 amide bonds. The molecule has 7 heteroatoms. The number of carbonyl (C=O) groups excluding carboxylic acids is 1. The van der Waals surface area contributed by atoms with Crippen LogP contribution in [-0.2, 0) is 4.79 Å². The van der Waals surface area contributed by atoms with Crippen molar-refractivity contribution in [2.24, 2.45) is 0 Å². The first-order chi connectivity index (χ1) is 12.7. The van der Waals surface area contributed by atoms with Gasteiger partial charge in [0, 0.05) is 50.9 Å². The van der Waals surface area contributed by atoms with E-state index < -0.39 is 0 Å². The van der Waals surface area contributed by atoms with E-state index in [4.69, 9.17) is 9.97 Å². The van der Waals surface area contributed by atoms with E-state index in [1.165, 1.54) is 0 Å². The maximum absolute atomic E-state index is 10.9. The Bertz CT molecular complexity index is 713. The van der Waals surface area contributed by atoms with Gasteiger partial charge in [0.15, 0.2) is 0 Å². The number of likely N-dealkylation sites (N-methyl/N-ethyl adjacent to an activating group) is 1. The van der Waals surface area contributed by atoms with Gasteiger partial charge in [-0.3, -0.25) is 4.79 Å². The summed E-state index contributed by atoms with van der Waals surface area (Å²) >= 11 is 0. The molecule has 0 bridgehead atoms. The number of nitrogens with zero attached hydrogens (tertiary/aromatic N) is 5. The van der Waals surface area contributed by atoms with Crippen LogP contribution in [0.2, 0.25) is 0 Å². The molecular weight excluding hydrogens is 328 g/mol. The number of amides is 1. The molecule has 1 aliphatic rings. The lowest BCUT2D eigenvalue weighted by molar-refractivity contribution is -0.118. The fourth-order valence-corrected chi connectivity index (χ4v) is 2.88. The van der Waals surface area contributed by atoms with Gasteiger partial charge in [0.1, 0.15) is 5.82 Å². The molecule has 0 atom stereocenters. The zero-order chi connectivity index (χ0) is 18.4. The van der Waals surface area contributed by atoms with Crippen molar-refractivity contribution in [2.45, 2.75) is 0 Å². The van der Waals surface area contributed by atoms with Crippen LogP contribution in [0.25, 0.3) is 11.3 Å². The third-order valence-electron chi connectivity index (χ3n) is 4.41. The molecule has 0 aliphatic carbocycles. The van der Waals surface area contributed by atoms with E-state index >= 15 is 0 Å². The van der Waals surface area contributed by atoms with Gasteiger partial charge in [-0.1, -0.05) is 30.3 Å². The monoisotopic (exact) mass is 354 g/mol. The van der Waals surface area contributed by atoms with Crippen molar-refractivity contribution in [3.8, 4) is 11.3 Å². The first-order valence-corrected chi connectivity index (χ1v) is 8.93. The van der Waals surface area contributed by atoms with Gasteiger partial charge >= 0.3 is 0 Å². The van der Waals surface area contributed by atoms with Gasteiger partial charge in [0.05, 0.1) is 5.69 Å². The molecule has 1 N–H and O–H groups in total. The number of hydrogen-bond acceptors (Lipinski definition) is 6. The van der Waals surface area contributed by atoms with Crippen LogP contribution in [0.4, 0.5) is 11.8 Å². The highest BCUT2D eigenvalue weighted by molar-refractivity contribution is 5.65. The van der Waals surface area contributed by atoms with Crippen molar-refractivity contribution in [2.75, 3.05) is 63.6 Å². The fraction of sp³-hybridized carbons (Fsp3) is 0.421. The van der Waals surface area contributed by atoms with E-state index in [-0.39, 0.29) is 0 Å².